The number of primary amides is 1. The summed E-state index contributed by atoms with van der Waals surface area (Å²) in [6.45, 7) is 3.67. The molecule has 132 valence electrons. The van der Waals surface area contributed by atoms with Crippen LogP contribution in [0.15, 0.2) is 23.0 Å². The van der Waals surface area contributed by atoms with Crippen LogP contribution in [0.1, 0.15) is 41.4 Å². The number of aryl methyl sites for hydroxylation is 1. The van der Waals surface area contributed by atoms with E-state index in [0.29, 0.717) is 5.56 Å². The number of rotatable bonds is 4. The molecule has 2 rings (SSSR count). The Morgan fingerprint density at radius 3 is 2.24 bits per heavy atom. The van der Waals surface area contributed by atoms with Crippen LogP contribution in [0.5, 0.6) is 5.75 Å². The normalized spacial score (nSPS) is 10.8. The number of carbonyl (C=O) groups is 2. The van der Waals surface area contributed by atoms with Crippen molar-refractivity contribution in [1.29, 1.82) is 0 Å². The molecule has 0 unspecified atom stereocenters. The van der Waals surface area contributed by atoms with Crippen LogP contribution in [0.3, 0.4) is 0 Å². The van der Waals surface area contributed by atoms with E-state index in [2.05, 4.69) is 5.10 Å². The molecule has 0 saturated heterocycles. The molecule has 7 nitrogen and oxygen atoms in total. The molecule has 0 spiro atoms. The van der Waals surface area contributed by atoms with Gasteiger partial charge in [-0.05, 0) is 12.0 Å². The molecule has 1 aromatic carbocycles. The molecule has 0 fully saturated rings. The lowest BCUT2D eigenvalue weighted by Crippen LogP contribution is -2.27. The van der Waals surface area contributed by atoms with Crippen LogP contribution in [-0.2, 0) is 7.05 Å². The highest BCUT2D eigenvalue weighted by Gasteiger charge is 2.22. The van der Waals surface area contributed by atoms with Gasteiger partial charge in [-0.25, -0.2) is 9.48 Å². The molecule has 2 N–H and O–H groups in total. The fourth-order valence-corrected chi connectivity index (χ4v) is 2.86. The van der Waals surface area contributed by atoms with E-state index in [1.54, 1.807) is 0 Å². The zero-order valence-electron chi connectivity index (χ0n) is 13.7. The van der Waals surface area contributed by atoms with Crippen LogP contribution in [0.4, 0.5) is 4.79 Å². The summed E-state index contributed by atoms with van der Waals surface area (Å²) in [7, 11) is 1.46. The van der Waals surface area contributed by atoms with E-state index in [0.717, 1.165) is 4.68 Å². The monoisotopic (exact) mass is 383 g/mol. The number of ketones is 1. The summed E-state index contributed by atoms with van der Waals surface area (Å²) >= 11 is 12.2. The van der Waals surface area contributed by atoms with E-state index in [9.17, 15) is 14.4 Å². The molecule has 1 aromatic heterocycles. The van der Waals surface area contributed by atoms with E-state index < -0.39 is 11.9 Å². The number of halogens is 2. The molecule has 2 aromatic rings. The summed E-state index contributed by atoms with van der Waals surface area (Å²) in [4.78, 5) is 35.7. The van der Waals surface area contributed by atoms with E-state index in [1.807, 2.05) is 13.8 Å². The molecule has 0 aliphatic carbocycles. The maximum absolute atomic E-state index is 12.8. The highest BCUT2D eigenvalue weighted by Crippen LogP contribution is 2.32. The van der Waals surface area contributed by atoms with Crippen LogP contribution in [0.2, 0.25) is 10.0 Å². The fourth-order valence-electron chi connectivity index (χ4n) is 2.23. The maximum atomic E-state index is 12.8. The predicted molar refractivity (Wildman–Crippen MR) is 93.7 cm³/mol. The topological polar surface area (TPSA) is 104 Å². The molecule has 0 aliphatic heterocycles. The summed E-state index contributed by atoms with van der Waals surface area (Å²) in [5.41, 5.74) is 5.11. The molecule has 25 heavy (non-hydrogen) atoms. The van der Waals surface area contributed by atoms with Crippen LogP contribution in [0.25, 0.3) is 0 Å². The first-order valence-electron chi connectivity index (χ1n) is 7.21. The Kier molecular flexibility index (Phi) is 5.49. The molecule has 0 aliphatic rings. The van der Waals surface area contributed by atoms with E-state index in [-0.39, 0.29) is 38.5 Å². The average Bonchev–Trinajstić information content (AvgIpc) is 2.47. The third-order valence-electron chi connectivity index (χ3n) is 3.41. The van der Waals surface area contributed by atoms with E-state index in [1.165, 1.54) is 25.2 Å². The van der Waals surface area contributed by atoms with Crippen molar-refractivity contribution in [2.24, 2.45) is 12.8 Å². The Labute approximate surface area is 153 Å². The van der Waals surface area contributed by atoms with Crippen LogP contribution in [0, 0.1) is 0 Å². The van der Waals surface area contributed by atoms with Gasteiger partial charge in [-0.3, -0.25) is 9.59 Å². The van der Waals surface area contributed by atoms with Gasteiger partial charge >= 0.3 is 6.09 Å². The number of amides is 1. The van der Waals surface area contributed by atoms with Crippen LogP contribution >= 0.6 is 23.2 Å². The first-order chi connectivity index (χ1) is 11.6. The lowest BCUT2D eigenvalue weighted by atomic mass is 10.0. The van der Waals surface area contributed by atoms with Crippen LogP contribution < -0.4 is 16.0 Å². The number of hydrogen-bond acceptors (Lipinski definition) is 5. The number of benzene rings is 1. The number of ether oxygens (including phenoxy) is 1. The van der Waals surface area contributed by atoms with Gasteiger partial charge in [-0.1, -0.05) is 37.0 Å². The van der Waals surface area contributed by atoms with Crippen molar-refractivity contribution in [2.45, 2.75) is 19.8 Å². The number of nitrogens with two attached hydrogens (primary N) is 1. The molecule has 0 saturated carbocycles. The van der Waals surface area contributed by atoms with Gasteiger partial charge in [-0.2, -0.15) is 5.10 Å². The second-order valence-electron chi connectivity index (χ2n) is 5.58. The molecule has 0 bridgehead atoms. The lowest BCUT2D eigenvalue weighted by Gasteiger charge is -2.11. The van der Waals surface area contributed by atoms with Crippen molar-refractivity contribution in [3.63, 3.8) is 0 Å². The zero-order valence-corrected chi connectivity index (χ0v) is 15.2. The van der Waals surface area contributed by atoms with Crippen molar-refractivity contribution in [1.82, 2.24) is 9.78 Å². The average molecular weight is 384 g/mol. The lowest BCUT2D eigenvalue weighted by molar-refractivity contribution is 0.103. The standard InChI is InChI=1S/C16H15Cl2N3O4/c1-7(2)9-6-12(20-21(3)15(9)23)14(22)13-10(17)4-8(5-11(13)18)25-16(19)24/h4-7H,1-3H3,(H2,19,24). The Bertz CT molecular complexity index is 899. The zero-order chi connectivity index (χ0) is 18.9. The summed E-state index contributed by atoms with van der Waals surface area (Å²) in [6.07, 6.45) is -1.03. The summed E-state index contributed by atoms with van der Waals surface area (Å²) in [5, 5.41) is 3.91. The smallest absolute Gasteiger partial charge is 0.409 e. The van der Waals surface area contributed by atoms with Crippen molar-refractivity contribution < 1.29 is 14.3 Å². The highest BCUT2D eigenvalue weighted by molar-refractivity contribution is 6.41. The Balaban J connectivity index is 2.55. The minimum Gasteiger partial charge on any atom is -0.410 e. The van der Waals surface area contributed by atoms with E-state index >= 15 is 0 Å². The summed E-state index contributed by atoms with van der Waals surface area (Å²) in [6, 6.07) is 3.92. The predicted octanol–water partition coefficient (Wildman–Crippen LogP) is 2.90. The Morgan fingerprint density at radius 1 is 1.20 bits per heavy atom. The van der Waals surface area contributed by atoms with Gasteiger partial charge in [0.25, 0.3) is 5.56 Å². The van der Waals surface area contributed by atoms with Crippen molar-refractivity contribution in [3.05, 3.63) is 55.4 Å². The third-order valence-corrected chi connectivity index (χ3v) is 4.00. The number of aromatic nitrogens is 2. The second kappa shape index (κ2) is 7.25. The van der Waals surface area contributed by atoms with Crippen molar-refractivity contribution in [2.75, 3.05) is 0 Å². The molecule has 1 heterocycles. The molecule has 0 atom stereocenters. The first kappa shape index (κ1) is 19.0. The summed E-state index contributed by atoms with van der Waals surface area (Å²) < 4.78 is 5.79. The largest absolute Gasteiger partial charge is 0.410 e. The van der Waals surface area contributed by atoms with Gasteiger partial charge in [0.15, 0.2) is 0 Å². The second-order valence-corrected chi connectivity index (χ2v) is 6.39. The van der Waals surface area contributed by atoms with Gasteiger partial charge in [0, 0.05) is 24.7 Å². The summed E-state index contributed by atoms with van der Waals surface area (Å²) in [5.74, 6) is -0.640. The Morgan fingerprint density at radius 2 is 1.76 bits per heavy atom. The van der Waals surface area contributed by atoms with Gasteiger partial charge in [0.05, 0.1) is 15.6 Å². The highest BCUT2D eigenvalue weighted by atomic mass is 35.5. The van der Waals surface area contributed by atoms with Gasteiger partial charge in [0.2, 0.25) is 5.78 Å². The number of hydrogen-bond donors (Lipinski definition) is 1. The molecule has 9 heteroatoms. The fraction of sp³-hybridized carbons (Fsp3) is 0.250. The number of nitrogens with zero attached hydrogens (tertiary/aromatic N) is 2. The minimum absolute atomic E-state index is 0.00957. The SMILES string of the molecule is CC(C)c1cc(C(=O)c2c(Cl)cc(OC(N)=O)cc2Cl)nn(C)c1=O. The Hall–Kier alpha value is -2.38. The van der Waals surface area contributed by atoms with Gasteiger partial charge in [0.1, 0.15) is 11.4 Å². The van der Waals surface area contributed by atoms with Crippen molar-refractivity contribution in [3.8, 4) is 5.75 Å². The number of carbonyl (C=O) groups excluding carboxylic acids is 2. The van der Waals surface area contributed by atoms with Crippen molar-refractivity contribution >= 4 is 35.1 Å². The quantitative estimate of drug-likeness (QED) is 0.817. The third kappa shape index (κ3) is 4.00. The van der Waals surface area contributed by atoms with Gasteiger partial charge < -0.3 is 10.5 Å². The molecular weight excluding hydrogens is 369 g/mol. The van der Waals surface area contributed by atoms with Crippen LogP contribution in [-0.4, -0.2) is 21.7 Å². The minimum atomic E-state index is -1.03. The molecular formula is C16H15Cl2N3O4. The molecule has 0 radical (unpaired) electrons. The maximum Gasteiger partial charge on any atom is 0.409 e. The molecule has 1 amide bonds. The van der Waals surface area contributed by atoms with Gasteiger partial charge in [-0.15, -0.1) is 0 Å². The first-order valence-corrected chi connectivity index (χ1v) is 7.96. The van der Waals surface area contributed by atoms with E-state index in [4.69, 9.17) is 33.7 Å².